The highest BCUT2D eigenvalue weighted by atomic mass is 32.1. The fourth-order valence-corrected chi connectivity index (χ4v) is 2.75. The van der Waals surface area contributed by atoms with Crippen molar-refractivity contribution in [2.24, 2.45) is 0 Å². The van der Waals surface area contributed by atoms with Crippen molar-refractivity contribution < 1.29 is 0 Å². The van der Waals surface area contributed by atoms with E-state index in [4.69, 9.17) is 0 Å². The summed E-state index contributed by atoms with van der Waals surface area (Å²) >= 11 is 1.73. The molecule has 2 aromatic heterocycles. The maximum absolute atomic E-state index is 4.56. The van der Waals surface area contributed by atoms with Gasteiger partial charge in [-0.05, 0) is 41.3 Å². The zero-order chi connectivity index (χ0) is 12.6. The molecule has 2 aromatic rings. The Kier molecular flexibility index (Phi) is 5.40. The second-order valence-electron chi connectivity index (χ2n) is 4.71. The molecular formula is C16H21NS. The second kappa shape index (κ2) is 7.32. The summed E-state index contributed by atoms with van der Waals surface area (Å²) in [6.45, 7) is 2.25. The minimum absolute atomic E-state index is 1.12. The molecule has 0 atom stereocenters. The van der Waals surface area contributed by atoms with Gasteiger partial charge in [0, 0.05) is 17.5 Å². The zero-order valence-electron chi connectivity index (χ0n) is 11.1. The number of pyridine rings is 1. The predicted octanol–water partition coefficient (Wildman–Crippen LogP) is 5.32. The maximum atomic E-state index is 4.56. The van der Waals surface area contributed by atoms with Crippen LogP contribution in [0.25, 0.3) is 11.1 Å². The highest BCUT2D eigenvalue weighted by Crippen LogP contribution is 2.21. The molecule has 2 heterocycles. The zero-order valence-corrected chi connectivity index (χ0v) is 11.9. The Bertz CT molecular complexity index is 431. The number of aromatic nitrogens is 1. The van der Waals surface area contributed by atoms with Gasteiger partial charge in [-0.3, -0.25) is 4.98 Å². The molecule has 0 aliphatic rings. The van der Waals surface area contributed by atoms with Gasteiger partial charge in [0.25, 0.3) is 0 Å². The van der Waals surface area contributed by atoms with Crippen molar-refractivity contribution in [3.8, 4) is 11.1 Å². The summed E-state index contributed by atoms with van der Waals surface area (Å²) in [5, 5.41) is 4.28. The SMILES string of the molecule is CCCCCCCc1ccc(-c2ccsc2)cn1. The smallest absolute Gasteiger partial charge is 0.0404 e. The Morgan fingerprint density at radius 3 is 2.56 bits per heavy atom. The number of hydrogen-bond donors (Lipinski definition) is 0. The molecule has 0 N–H and O–H groups in total. The molecule has 0 fully saturated rings. The molecule has 1 nitrogen and oxygen atoms in total. The van der Waals surface area contributed by atoms with Gasteiger partial charge in [0.2, 0.25) is 0 Å². The van der Waals surface area contributed by atoms with Gasteiger partial charge >= 0.3 is 0 Å². The molecule has 0 saturated heterocycles. The maximum Gasteiger partial charge on any atom is 0.0404 e. The molecule has 0 saturated carbocycles. The van der Waals surface area contributed by atoms with Crippen molar-refractivity contribution in [2.75, 3.05) is 0 Å². The first-order chi connectivity index (χ1) is 8.90. The first-order valence-electron chi connectivity index (χ1n) is 6.87. The van der Waals surface area contributed by atoms with Crippen LogP contribution in [0, 0.1) is 0 Å². The molecule has 18 heavy (non-hydrogen) atoms. The molecule has 0 aliphatic heterocycles. The van der Waals surface area contributed by atoms with Crippen LogP contribution in [0.4, 0.5) is 0 Å². The Morgan fingerprint density at radius 1 is 1.00 bits per heavy atom. The molecule has 0 aromatic carbocycles. The average molecular weight is 259 g/mol. The minimum atomic E-state index is 1.12. The molecule has 0 amide bonds. The van der Waals surface area contributed by atoms with E-state index in [1.54, 1.807) is 11.3 Å². The number of aryl methyl sites for hydroxylation is 1. The van der Waals surface area contributed by atoms with Gasteiger partial charge in [0.1, 0.15) is 0 Å². The Labute approximate surface area is 114 Å². The van der Waals surface area contributed by atoms with E-state index in [0.717, 1.165) is 6.42 Å². The van der Waals surface area contributed by atoms with E-state index in [-0.39, 0.29) is 0 Å². The van der Waals surface area contributed by atoms with E-state index in [9.17, 15) is 0 Å². The highest BCUT2D eigenvalue weighted by molar-refractivity contribution is 7.08. The molecule has 0 radical (unpaired) electrons. The molecule has 0 spiro atoms. The second-order valence-corrected chi connectivity index (χ2v) is 5.49. The first-order valence-corrected chi connectivity index (χ1v) is 7.82. The van der Waals surface area contributed by atoms with Gasteiger partial charge in [0.15, 0.2) is 0 Å². The number of nitrogens with zero attached hydrogens (tertiary/aromatic N) is 1. The number of unbranched alkanes of at least 4 members (excludes halogenated alkanes) is 4. The lowest BCUT2D eigenvalue weighted by molar-refractivity contribution is 0.628. The van der Waals surface area contributed by atoms with Crippen molar-refractivity contribution >= 4 is 11.3 Å². The lowest BCUT2D eigenvalue weighted by Crippen LogP contribution is -1.90. The lowest BCUT2D eigenvalue weighted by atomic mass is 10.1. The quantitative estimate of drug-likeness (QED) is 0.613. The van der Waals surface area contributed by atoms with E-state index in [2.05, 4.69) is 40.9 Å². The standard InChI is InChI=1S/C16H21NS/c1-2-3-4-5-6-7-16-9-8-14(12-17-16)15-10-11-18-13-15/h8-13H,2-7H2,1H3. The molecule has 0 unspecified atom stereocenters. The van der Waals surface area contributed by atoms with E-state index in [1.165, 1.54) is 48.9 Å². The highest BCUT2D eigenvalue weighted by Gasteiger charge is 1.99. The van der Waals surface area contributed by atoms with Crippen molar-refractivity contribution in [3.05, 3.63) is 40.8 Å². The van der Waals surface area contributed by atoms with Crippen LogP contribution in [0.15, 0.2) is 35.2 Å². The topological polar surface area (TPSA) is 12.9 Å². The van der Waals surface area contributed by atoms with Crippen LogP contribution in [-0.2, 0) is 6.42 Å². The van der Waals surface area contributed by atoms with E-state index >= 15 is 0 Å². The van der Waals surface area contributed by atoms with Crippen molar-refractivity contribution in [1.29, 1.82) is 0 Å². The minimum Gasteiger partial charge on any atom is -0.261 e. The summed E-state index contributed by atoms with van der Waals surface area (Å²) in [6, 6.07) is 6.51. The number of thiophene rings is 1. The van der Waals surface area contributed by atoms with Gasteiger partial charge in [-0.25, -0.2) is 0 Å². The largest absolute Gasteiger partial charge is 0.261 e. The van der Waals surface area contributed by atoms with Gasteiger partial charge in [-0.2, -0.15) is 11.3 Å². The summed E-state index contributed by atoms with van der Waals surface area (Å²) in [5.74, 6) is 0. The summed E-state index contributed by atoms with van der Waals surface area (Å²) in [6.07, 6.45) is 9.77. The van der Waals surface area contributed by atoms with Crippen LogP contribution in [0.3, 0.4) is 0 Å². The molecule has 0 bridgehead atoms. The molecular weight excluding hydrogens is 238 g/mol. The van der Waals surface area contributed by atoms with Crippen molar-refractivity contribution in [3.63, 3.8) is 0 Å². The fourth-order valence-electron chi connectivity index (χ4n) is 2.08. The number of rotatable bonds is 7. The molecule has 0 aliphatic carbocycles. The lowest BCUT2D eigenvalue weighted by Gasteiger charge is -2.02. The first kappa shape index (κ1) is 13.3. The Balaban J connectivity index is 1.81. The third-order valence-electron chi connectivity index (χ3n) is 3.22. The van der Waals surface area contributed by atoms with E-state index < -0.39 is 0 Å². The Hall–Kier alpha value is -1.15. The predicted molar refractivity (Wildman–Crippen MR) is 80.0 cm³/mol. The normalized spacial score (nSPS) is 10.7. The van der Waals surface area contributed by atoms with Crippen LogP contribution in [-0.4, -0.2) is 4.98 Å². The van der Waals surface area contributed by atoms with E-state index in [1.807, 2.05) is 6.20 Å². The monoisotopic (exact) mass is 259 g/mol. The van der Waals surface area contributed by atoms with Crippen LogP contribution < -0.4 is 0 Å². The molecule has 2 heteroatoms. The molecule has 2 rings (SSSR count). The third kappa shape index (κ3) is 3.95. The van der Waals surface area contributed by atoms with Crippen LogP contribution >= 0.6 is 11.3 Å². The number of hydrogen-bond acceptors (Lipinski definition) is 2. The van der Waals surface area contributed by atoms with Gasteiger partial charge in [-0.15, -0.1) is 0 Å². The summed E-state index contributed by atoms with van der Waals surface area (Å²) in [7, 11) is 0. The summed E-state index contributed by atoms with van der Waals surface area (Å²) in [5.41, 5.74) is 3.73. The third-order valence-corrected chi connectivity index (χ3v) is 3.90. The van der Waals surface area contributed by atoms with E-state index in [0.29, 0.717) is 0 Å². The summed E-state index contributed by atoms with van der Waals surface area (Å²) < 4.78 is 0. The fraction of sp³-hybridized carbons (Fsp3) is 0.438. The van der Waals surface area contributed by atoms with Gasteiger partial charge in [0.05, 0.1) is 0 Å². The van der Waals surface area contributed by atoms with Crippen LogP contribution in [0.1, 0.15) is 44.7 Å². The van der Waals surface area contributed by atoms with Crippen LogP contribution in [0.2, 0.25) is 0 Å². The Morgan fingerprint density at radius 2 is 1.89 bits per heavy atom. The molecule has 96 valence electrons. The van der Waals surface area contributed by atoms with Gasteiger partial charge < -0.3 is 0 Å². The average Bonchev–Trinajstić information content (AvgIpc) is 2.93. The van der Waals surface area contributed by atoms with Crippen molar-refractivity contribution in [1.82, 2.24) is 4.98 Å². The summed E-state index contributed by atoms with van der Waals surface area (Å²) in [4.78, 5) is 4.56. The van der Waals surface area contributed by atoms with Gasteiger partial charge in [-0.1, -0.05) is 38.7 Å². The van der Waals surface area contributed by atoms with Crippen molar-refractivity contribution in [2.45, 2.75) is 45.4 Å². The van der Waals surface area contributed by atoms with Crippen LogP contribution in [0.5, 0.6) is 0 Å².